The summed E-state index contributed by atoms with van der Waals surface area (Å²) in [5, 5.41) is 15.4. The number of aromatic nitrogens is 4. The number of rotatable bonds is 6. The number of hydrogen-bond acceptors (Lipinski definition) is 6. The van der Waals surface area contributed by atoms with Gasteiger partial charge in [0.25, 0.3) is 5.91 Å². The number of oxazole rings is 1. The van der Waals surface area contributed by atoms with Crippen molar-refractivity contribution in [2.75, 3.05) is 5.32 Å². The van der Waals surface area contributed by atoms with Crippen molar-refractivity contribution in [1.82, 2.24) is 25.3 Å². The molecule has 4 rings (SSSR count). The molecule has 0 bridgehead atoms. The van der Waals surface area contributed by atoms with Crippen molar-refractivity contribution in [2.45, 2.75) is 91.3 Å². The molecule has 2 heterocycles. The molecule has 1 amide bonds. The van der Waals surface area contributed by atoms with Gasteiger partial charge in [-0.2, -0.15) is 0 Å². The van der Waals surface area contributed by atoms with Crippen LogP contribution in [0.15, 0.2) is 34.7 Å². The second kappa shape index (κ2) is 9.84. The highest BCUT2D eigenvalue weighted by Crippen LogP contribution is 2.35. The summed E-state index contributed by atoms with van der Waals surface area (Å²) in [4.78, 5) is 17.9. The smallest absolute Gasteiger partial charge is 0.275 e. The SMILES string of the molecule is CC(C)(C)NC(=O)c1nc(-c2c(-c3ccccc3)nnn2CC2CCCCC2)oc1NC(C)(C)C. The molecule has 2 aromatic heterocycles. The molecule has 8 nitrogen and oxygen atoms in total. The van der Waals surface area contributed by atoms with Gasteiger partial charge in [0.1, 0.15) is 5.69 Å². The van der Waals surface area contributed by atoms with Gasteiger partial charge in [-0.25, -0.2) is 9.67 Å². The van der Waals surface area contributed by atoms with Crippen LogP contribution in [-0.4, -0.2) is 37.0 Å². The number of benzene rings is 1. The molecule has 0 saturated heterocycles. The zero-order valence-corrected chi connectivity index (χ0v) is 21.8. The van der Waals surface area contributed by atoms with Crippen LogP contribution in [0.5, 0.6) is 0 Å². The summed E-state index contributed by atoms with van der Waals surface area (Å²) in [7, 11) is 0. The summed E-state index contributed by atoms with van der Waals surface area (Å²) >= 11 is 0. The number of anilines is 1. The highest BCUT2D eigenvalue weighted by molar-refractivity contribution is 5.97. The van der Waals surface area contributed by atoms with Crippen molar-refractivity contribution in [2.24, 2.45) is 5.92 Å². The van der Waals surface area contributed by atoms with Crippen LogP contribution in [0, 0.1) is 5.92 Å². The van der Waals surface area contributed by atoms with Crippen LogP contribution in [0.4, 0.5) is 5.88 Å². The van der Waals surface area contributed by atoms with Gasteiger partial charge in [0, 0.05) is 23.2 Å². The molecular weight excluding hydrogens is 440 g/mol. The highest BCUT2D eigenvalue weighted by Gasteiger charge is 2.30. The lowest BCUT2D eigenvalue weighted by Gasteiger charge is -2.22. The predicted molar refractivity (Wildman–Crippen MR) is 138 cm³/mol. The summed E-state index contributed by atoms with van der Waals surface area (Å²) < 4.78 is 8.19. The van der Waals surface area contributed by atoms with Crippen molar-refractivity contribution < 1.29 is 9.21 Å². The number of amides is 1. The van der Waals surface area contributed by atoms with Crippen molar-refractivity contribution in [1.29, 1.82) is 0 Å². The average molecular weight is 479 g/mol. The minimum Gasteiger partial charge on any atom is -0.418 e. The molecule has 1 aliphatic rings. The molecule has 2 N–H and O–H groups in total. The molecular formula is C27H38N6O2. The van der Waals surface area contributed by atoms with Gasteiger partial charge in [0.2, 0.25) is 11.8 Å². The maximum Gasteiger partial charge on any atom is 0.275 e. The Hall–Kier alpha value is -3.16. The van der Waals surface area contributed by atoms with Gasteiger partial charge in [-0.15, -0.1) is 5.10 Å². The Labute approximate surface area is 207 Å². The Morgan fingerprint density at radius 1 is 1.03 bits per heavy atom. The molecule has 0 unspecified atom stereocenters. The van der Waals surface area contributed by atoms with Gasteiger partial charge in [-0.05, 0) is 60.3 Å². The Morgan fingerprint density at radius 3 is 2.34 bits per heavy atom. The molecule has 8 heteroatoms. The van der Waals surface area contributed by atoms with Crippen molar-refractivity contribution in [3.8, 4) is 22.8 Å². The third-order valence-corrected chi connectivity index (χ3v) is 5.96. The third kappa shape index (κ3) is 6.29. The molecule has 0 aliphatic heterocycles. The van der Waals surface area contributed by atoms with E-state index in [1.807, 2.05) is 76.6 Å². The van der Waals surface area contributed by atoms with Crippen LogP contribution in [0.25, 0.3) is 22.8 Å². The molecule has 0 spiro atoms. The van der Waals surface area contributed by atoms with Gasteiger partial charge >= 0.3 is 0 Å². The van der Waals surface area contributed by atoms with Gasteiger partial charge in [-0.3, -0.25) is 4.79 Å². The van der Waals surface area contributed by atoms with Gasteiger partial charge in [-0.1, -0.05) is 54.8 Å². The topological polar surface area (TPSA) is 97.9 Å². The van der Waals surface area contributed by atoms with Gasteiger partial charge < -0.3 is 15.1 Å². The normalized spacial score (nSPS) is 15.3. The Bertz CT molecular complexity index is 1140. The van der Waals surface area contributed by atoms with E-state index in [4.69, 9.17) is 9.40 Å². The largest absolute Gasteiger partial charge is 0.418 e. The second-order valence-electron chi connectivity index (χ2n) is 11.6. The lowest BCUT2D eigenvalue weighted by molar-refractivity contribution is 0.0915. The summed E-state index contributed by atoms with van der Waals surface area (Å²) in [5.41, 5.74) is 1.84. The van der Waals surface area contributed by atoms with Crippen LogP contribution in [0.3, 0.4) is 0 Å². The van der Waals surface area contributed by atoms with E-state index >= 15 is 0 Å². The van der Waals surface area contributed by atoms with Crippen LogP contribution in [0.2, 0.25) is 0 Å². The molecule has 0 atom stereocenters. The molecule has 0 radical (unpaired) electrons. The Kier molecular flexibility index (Phi) is 7.01. The van der Waals surface area contributed by atoms with Crippen LogP contribution >= 0.6 is 0 Å². The highest BCUT2D eigenvalue weighted by atomic mass is 16.4. The molecule has 3 aromatic rings. The third-order valence-electron chi connectivity index (χ3n) is 5.96. The summed E-state index contributed by atoms with van der Waals surface area (Å²) in [6.07, 6.45) is 6.15. The number of carbonyl (C=O) groups is 1. The molecule has 1 fully saturated rings. The Balaban J connectivity index is 1.81. The van der Waals surface area contributed by atoms with Gasteiger partial charge in [0.05, 0.1) is 0 Å². The van der Waals surface area contributed by atoms with E-state index < -0.39 is 5.54 Å². The fraction of sp³-hybridized carbons (Fsp3) is 0.556. The predicted octanol–water partition coefficient (Wildman–Crippen LogP) is 5.92. The number of nitrogens with one attached hydrogen (secondary N) is 2. The zero-order valence-electron chi connectivity index (χ0n) is 21.8. The zero-order chi connectivity index (χ0) is 25.2. The van der Waals surface area contributed by atoms with E-state index in [-0.39, 0.29) is 17.1 Å². The maximum absolute atomic E-state index is 13.2. The van der Waals surface area contributed by atoms with Crippen LogP contribution < -0.4 is 10.6 Å². The minimum absolute atomic E-state index is 0.231. The fourth-order valence-electron chi connectivity index (χ4n) is 4.46. The van der Waals surface area contributed by atoms with Crippen molar-refractivity contribution >= 4 is 11.8 Å². The first-order valence-electron chi connectivity index (χ1n) is 12.6. The summed E-state index contributed by atoms with van der Waals surface area (Å²) in [6, 6.07) is 9.93. The maximum atomic E-state index is 13.2. The summed E-state index contributed by atoms with van der Waals surface area (Å²) in [6.45, 7) is 12.6. The van der Waals surface area contributed by atoms with Crippen LogP contribution in [0.1, 0.15) is 84.1 Å². The van der Waals surface area contributed by atoms with E-state index in [9.17, 15) is 4.79 Å². The Morgan fingerprint density at radius 2 is 1.71 bits per heavy atom. The first-order valence-corrected chi connectivity index (χ1v) is 12.6. The summed E-state index contributed by atoms with van der Waals surface area (Å²) in [5.74, 6) is 0.944. The average Bonchev–Trinajstić information content (AvgIpc) is 3.36. The van der Waals surface area contributed by atoms with Crippen LogP contribution in [-0.2, 0) is 6.54 Å². The molecule has 1 aromatic carbocycles. The van der Waals surface area contributed by atoms with E-state index in [1.54, 1.807) is 0 Å². The molecule has 1 aliphatic carbocycles. The van der Waals surface area contributed by atoms with E-state index in [0.29, 0.717) is 29.1 Å². The lowest BCUT2D eigenvalue weighted by atomic mass is 9.89. The van der Waals surface area contributed by atoms with Crippen molar-refractivity contribution in [3.63, 3.8) is 0 Å². The molecule has 188 valence electrons. The fourth-order valence-corrected chi connectivity index (χ4v) is 4.46. The molecule has 35 heavy (non-hydrogen) atoms. The van der Waals surface area contributed by atoms with Gasteiger partial charge in [0.15, 0.2) is 11.4 Å². The monoisotopic (exact) mass is 478 g/mol. The number of nitrogens with zero attached hydrogens (tertiary/aromatic N) is 4. The standard InChI is InChI=1S/C27H38N6O2/c1-26(2,3)29-23(34)21-24(30-27(4,5)6)35-25(28-21)22-20(19-15-11-8-12-16-19)31-32-33(22)17-18-13-9-7-10-14-18/h8,11-12,15-16,18,30H,7,9-10,13-14,17H2,1-6H3,(H,29,34). The number of hydrogen-bond donors (Lipinski definition) is 2. The lowest BCUT2D eigenvalue weighted by Crippen LogP contribution is -2.41. The van der Waals surface area contributed by atoms with E-state index in [1.165, 1.54) is 32.1 Å². The molecule has 1 saturated carbocycles. The minimum atomic E-state index is -0.408. The quantitative estimate of drug-likeness (QED) is 0.456. The number of carbonyl (C=O) groups excluding carboxylic acids is 1. The van der Waals surface area contributed by atoms with E-state index in [0.717, 1.165) is 12.1 Å². The van der Waals surface area contributed by atoms with Crippen molar-refractivity contribution in [3.05, 3.63) is 36.0 Å². The first kappa shape index (κ1) is 24.9. The van der Waals surface area contributed by atoms with E-state index in [2.05, 4.69) is 20.9 Å². The first-order chi connectivity index (χ1) is 16.5. The second-order valence-corrected chi connectivity index (χ2v) is 11.6.